The summed E-state index contributed by atoms with van der Waals surface area (Å²) in [5, 5.41) is 17.1. The number of nitrogens with one attached hydrogen (secondary N) is 1. The van der Waals surface area contributed by atoms with Crippen molar-refractivity contribution in [3.63, 3.8) is 0 Å². The minimum Gasteiger partial charge on any atom is -0.478 e. The van der Waals surface area contributed by atoms with Crippen molar-refractivity contribution in [2.45, 2.75) is 69.2 Å². The Morgan fingerprint density at radius 3 is 2.41 bits per heavy atom. The van der Waals surface area contributed by atoms with Gasteiger partial charge in [0.2, 0.25) is 0 Å². The van der Waals surface area contributed by atoms with E-state index in [2.05, 4.69) is 10.5 Å². The number of fused-ring (bicyclic) bond motifs is 2. The summed E-state index contributed by atoms with van der Waals surface area (Å²) in [6, 6.07) is 8.53. The van der Waals surface area contributed by atoms with Crippen molar-refractivity contribution in [1.82, 2.24) is 10.1 Å². The van der Waals surface area contributed by atoms with Crippen molar-refractivity contribution in [2.75, 3.05) is 5.32 Å². The first-order chi connectivity index (χ1) is 18.8. The van der Waals surface area contributed by atoms with Gasteiger partial charge in [-0.1, -0.05) is 34.4 Å². The van der Waals surface area contributed by atoms with Crippen LogP contribution < -0.4 is 5.32 Å². The van der Waals surface area contributed by atoms with Crippen LogP contribution in [0.4, 0.5) is 14.9 Å². The number of rotatable bonds is 7. The second kappa shape index (κ2) is 10.4. The van der Waals surface area contributed by atoms with Gasteiger partial charge in [-0.3, -0.25) is 0 Å². The zero-order valence-electron chi connectivity index (χ0n) is 20.8. The smallest absolute Gasteiger partial charge is 0.338 e. The van der Waals surface area contributed by atoms with Gasteiger partial charge in [-0.15, -0.1) is 0 Å². The SMILES string of the molecule is O=C(O)c1ccc(NC(=O)N2C3CC[C@H]2CC(OCc2c(-c4c(Cl)cccc4Cl)noc2C2CC2)C3)cc1F. The van der Waals surface area contributed by atoms with E-state index < -0.39 is 17.3 Å². The molecule has 2 aromatic carbocycles. The zero-order valence-corrected chi connectivity index (χ0v) is 22.3. The van der Waals surface area contributed by atoms with Gasteiger partial charge in [-0.25, -0.2) is 14.0 Å². The standard InChI is InChI=1S/C28H26Cl2FN3O5/c29-21-2-1-3-22(30)24(21)25-20(26(39-33-25)14-4-5-14)13-38-18-11-16-7-8-17(12-18)34(16)28(37)32-15-6-9-19(27(35)36)23(31)10-15/h1-3,6,9-10,14,16-18H,4-5,7-8,11-13H2,(H,32,37)(H,35,36)/t16-,17?,18?/m0/s1. The molecule has 2 aliphatic heterocycles. The molecule has 3 aromatic rings. The van der Waals surface area contributed by atoms with Crippen molar-refractivity contribution in [3.05, 3.63) is 69.1 Å². The number of piperidine rings is 1. The molecular weight excluding hydrogens is 548 g/mol. The number of carboxylic acids is 1. The van der Waals surface area contributed by atoms with E-state index in [1.54, 1.807) is 18.2 Å². The van der Waals surface area contributed by atoms with Crippen LogP contribution in [0.5, 0.6) is 0 Å². The Hall–Kier alpha value is -3.14. The average Bonchev–Trinajstić information content (AvgIpc) is 3.59. The number of anilines is 1. The van der Waals surface area contributed by atoms with Gasteiger partial charge in [-0.2, -0.15) is 0 Å². The lowest BCUT2D eigenvalue weighted by atomic mass is 9.99. The first-order valence-electron chi connectivity index (χ1n) is 13.0. The number of carboxylic acid groups (broad SMARTS) is 1. The lowest BCUT2D eigenvalue weighted by Gasteiger charge is -2.38. The molecule has 0 radical (unpaired) electrons. The van der Waals surface area contributed by atoms with Crippen LogP contribution >= 0.6 is 23.2 Å². The lowest BCUT2D eigenvalue weighted by Crippen LogP contribution is -2.50. The van der Waals surface area contributed by atoms with Crippen molar-refractivity contribution < 1.29 is 28.3 Å². The number of amides is 2. The number of hydrogen-bond acceptors (Lipinski definition) is 5. The molecule has 3 atom stereocenters. The molecule has 8 nitrogen and oxygen atoms in total. The van der Waals surface area contributed by atoms with Crippen molar-refractivity contribution >= 4 is 40.9 Å². The number of hydrogen-bond donors (Lipinski definition) is 2. The monoisotopic (exact) mass is 573 g/mol. The number of aromatic carboxylic acids is 1. The number of urea groups is 1. The third-order valence-electron chi connectivity index (χ3n) is 7.80. The molecule has 0 spiro atoms. The highest BCUT2D eigenvalue weighted by atomic mass is 35.5. The molecule has 2 saturated heterocycles. The molecule has 1 aromatic heterocycles. The molecule has 2 bridgehead atoms. The molecule has 2 N–H and O–H groups in total. The van der Waals surface area contributed by atoms with Crippen LogP contribution in [0, 0.1) is 5.82 Å². The minimum absolute atomic E-state index is 0.0141. The fourth-order valence-corrected chi connectivity index (χ4v) is 6.37. The van der Waals surface area contributed by atoms with Crippen molar-refractivity contribution in [1.29, 1.82) is 0 Å². The van der Waals surface area contributed by atoms with Gasteiger partial charge in [0.1, 0.15) is 17.3 Å². The third kappa shape index (κ3) is 5.11. The Bertz CT molecular complexity index is 1410. The van der Waals surface area contributed by atoms with Crippen LogP contribution in [0.15, 0.2) is 40.9 Å². The summed E-state index contributed by atoms with van der Waals surface area (Å²) < 4.78 is 26.2. The van der Waals surface area contributed by atoms with Crippen molar-refractivity contribution in [3.8, 4) is 11.3 Å². The van der Waals surface area contributed by atoms with E-state index in [4.69, 9.17) is 37.6 Å². The fourth-order valence-electron chi connectivity index (χ4n) is 5.80. The molecule has 3 aliphatic rings. The summed E-state index contributed by atoms with van der Waals surface area (Å²) in [4.78, 5) is 26.0. The van der Waals surface area contributed by atoms with Gasteiger partial charge in [0.25, 0.3) is 0 Å². The molecule has 3 fully saturated rings. The Morgan fingerprint density at radius 2 is 1.79 bits per heavy atom. The highest BCUT2D eigenvalue weighted by molar-refractivity contribution is 6.39. The molecule has 39 heavy (non-hydrogen) atoms. The maximum Gasteiger partial charge on any atom is 0.338 e. The molecule has 1 aliphatic carbocycles. The summed E-state index contributed by atoms with van der Waals surface area (Å²) in [5.74, 6) is -1.11. The van der Waals surface area contributed by atoms with Crippen LogP contribution in [0.1, 0.15) is 66.1 Å². The van der Waals surface area contributed by atoms with E-state index in [0.29, 0.717) is 46.7 Å². The van der Waals surface area contributed by atoms with Gasteiger partial charge >= 0.3 is 12.0 Å². The van der Waals surface area contributed by atoms with Crippen LogP contribution in [0.25, 0.3) is 11.3 Å². The largest absolute Gasteiger partial charge is 0.478 e. The summed E-state index contributed by atoms with van der Waals surface area (Å²) in [6.07, 6.45) is 5.06. The lowest BCUT2D eigenvalue weighted by molar-refractivity contribution is -0.0158. The van der Waals surface area contributed by atoms with Crippen LogP contribution in [-0.4, -0.2) is 45.4 Å². The average molecular weight is 574 g/mol. The molecule has 3 heterocycles. The van der Waals surface area contributed by atoms with Crippen LogP contribution in [0.2, 0.25) is 10.0 Å². The molecule has 1 saturated carbocycles. The summed E-state index contributed by atoms with van der Waals surface area (Å²) >= 11 is 12.9. The molecule has 11 heteroatoms. The molecule has 6 rings (SSSR count). The summed E-state index contributed by atoms with van der Waals surface area (Å²) in [5.41, 5.74) is 1.88. The number of aromatic nitrogens is 1. The van der Waals surface area contributed by atoms with E-state index in [-0.39, 0.29) is 29.9 Å². The quantitative estimate of drug-likeness (QED) is 0.312. The first kappa shape index (κ1) is 26.1. The van der Waals surface area contributed by atoms with Crippen LogP contribution in [0.3, 0.4) is 0 Å². The second-order valence-electron chi connectivity index (χ2n) is 10.4. The van der Waals surface area contributed by atoms with Crippen LogP contribution in [-0.2, 0) is 11.3 Å². The number of benzene rings is 2. The Morgan fingerprint density at radius 1 is 1.10 bits per heavy atom. The molecule has 2 unspecified atom stereocenters. The van der Waals surface area contributed by atoms with Gasteiger partial charge in [-0.05, 0) is 68.9 Å². The van der Waals surface area contributed by atoms with E-state index in [0.717, 1.165) is 49.1 Å². The fraction of sp³-hybridized carbons (Fsp3) is 0.393. The normalized spacial score (nSPS) is 22.2. The number of carbonyl (C=O) groups is 2. The predicted molar refractivity (Wildman–Crippen MR) is 143 cm³/mol. The summed E-state index contributed by atoms with van der Waals surface area (Å²) in [6.45, 7) is 0.303. The van der Waals surface area contributed by atoms with Gasteiger partial charge < -0.3 is 24.6 Å². The maximum atomic E-state index is 14.1. The van der Waals surface area contributed by atoms with E-state index >= 15 is 0 Å². The molecule has 204 valence electrons. The van der Waals surface area contributed by atoms with Gasteiger partial charge in [0.05, 0.1) is 28.3 Å². The highest BCUT2D eigenvalue weighted by Gasteiger charge is 2.44. The van der Waals surface area contributed by atoms with E-state index in [9.17, 15) is 14.0 Å². The third-order valence-corrected chi connectivity index (χ3v) is 8.43. The Labute approximate surface area is 234 Å². The number of ether oxygens (including phenoxy) is 1. The zero-order chi connectivity index (χ0) is 27.3. The Balaban J connectivity index is 1.14. The van der Waals surface area contributed by atoms with E-state index in [1.165, 1.54) is 6.07 Å². The Kier molecular flexibility index (Phi) is 6.99. The number of nitrogens with zero attached hydrogens (tertiary/aromatic N) is 2. The second-order valence-corrected chi connectivity index (χ2v) is 11.2. The maximum absolute atomic E-state index is 14.1. The van der Waals surface area contributed by atoms with Gasteiger partial charge in [0, 0.05) is 34.8 Å². The molecular formula is C28H26Cl2FN3O5. The van der Waals surface area contributed by atoms with Crippen molar-refractivity contribution in [2.24, 2.45) is 0 Å². The number of carbonyl (C=O) groups excluding carboxylic acids is 1. The molecule has 2 amide bonds. The topological polar surface area (TPSA) is 105 Å². The van der Waals surface area contributed by atoms with E-state index in [1.807, 2.05) is 4.90 Å². The number of halogens is 3. The minimum atomic E-state index is -1.36. The van der Waals surface area contributed by atoms with Gasteiger partial charge in [0.15, 0.2) is 0 Å². The predicted octanol–water partition coefficient (Wildman–Crippen LogP) is 7.11. The highest BCUT2D eigenvalue weighted by Crippen LogP contribution is 2.46. The first-order valence-corrected chi connectivity index (χ1v) is 13.7. The summed E-state index contributed by atoms with van der Waals surface area (Å²) in [7, 11) is 0.